The Morgan fingerprint density at radius 2 is 2.17 bits per heavy atom. The van der Waals surface area contributed by atoms with Crippen LogP contribution >= 0.6 is 0 Å². The Bertz CT molecular complexity index is 148. The summed E-state index contributed by atoms with van der Waals surface area (Å²) in [5, 5.41) is 9.06. The number of amides is 1. The third-order valence-corrected chi connectivity index (χ3v) is 1.80. The number of carbonyl (C=O) groups is 1. The summed E-state index contributed by atoms with van der Waals surface area (Å²) < 4.78 is 0. The molecule has 0 radical (unpaired) electrons. The fraction of sp³-hybridized carbons (Fsp3) is 0.875. The van der Waals surface area contributed by atoms with E-state index in [1.54, 1.807) is 18.9 Å². The van der Waals surface area contributed by atoms with Crippen LogP contribution in [0.1, 0.15) is 20.3 Å². The molecule has 0 fully saturated rings. The highest BCUT2D eigenvalue weighted by atomic mass is 16.3. The minimum absolute atomic E-state index is 0.264. The molecular weight excluding hydrogens is 156 g/mol. The van der Waals surface area contributed by atoms with Crippen molar-refractivity contribution in [2.24, 2.45) is 5.73 Å². The van der Waals surface area contributed by atoms with Gasteiger partial charge in [0, 0.05) is 6.54 Å². The molecule has 0 saturated heterocycles. The summed E-state index contributed by atoms with van der Waals surface area (Å²) in [6.07, 6.45) is 0.252. The van der Waals surface area contributed by atoms with E-state index in [9.17, 15) is 4.79 Å². The molecule has 2 unspecified atom stereocenters. The van der Waals surface area contributed by atoms with Gasteiger partial charge in [-0.15, -0.1) is 0 Å². The van der Waals surface area contributed by atoms with E-state index in [2.05, 4.69) is 0 Å². The van der Waals surface area contributed by atoms with E-state index < -0.39 is 6.10 Å². The summed E-state index contributed by atoms with van der Waals surface area (Å²) in [6, 6.07) is -0.264. The lowest BCUT2D eigenvalue weighted by molar-refractivity contribution is -0.123. The summed E-state index contributed by atoms with van der Waals surface area (Å²) in [4.78, 5) is 12.6. The Kier molecular flexibility index (Phi) is 4.85. The average Bonchev–Trinajstić information content (AvgIpc) is 1.85. The smallest absolute Gasteiger partial charge is 0.234 e. The van der Waals surface area contributed by atoms with E-state index in [1.807, 2.05) is 6.92 Å². The molecule has 3 N–H and O–H groups in total. The molecule has 0 bridgehead atoms. The molecule has 0 spiro atoms. The van der Waals surface area contributed by atoms with Crippen LogP contribution in [0.4, 0.5) is 0 Å². The van der Waals surface area contributed by atoms with Gasteiger partial charge in [0.1, 0.15) is 0 Å². The molecule has 0 aliphatic rings. The Labute approximate surface area is 73.3 Å². The molecule has 0 aromatic carbocycles. The Morgan fingerprint density at radius 3 is 2.42 bits per heavy atom. The van der Waals surface area contributed by atoms with Crippen LogP contribution in [0.2, 0.25) is 0 Å². The van der Waals surface area contributed by atoms with Gasteiger partial charge in [-0.3, -0.25) is 9.69 Å². The van der Waals surface area contributed by atoms with Crippen molar-refractivity contribution in [3.05, 3.63) is 0 Å². The first-order valence-electron chi connectivity index (χ1n) is 4.16. The van der Waals surface area contributed by atoms with Gasteiger partial charge in [-0.25, -0.2) is 0 Å². The fourth-order valence-electron chi connectivity index (χ4n) is 1.27. The first kappa shape index (κ1) is 11.4. The van der Waals surface area contributed by atoms with Gasteiger partial charge in [-0.2, -0.15) is 0 Å². The predicted molar refractivity (Wildman–Crippen MR) is 47.6 cm³/mol. The number of carbonyl (C=O) groups excluding carboxylic acids is 1. The zero-order valence-corrected chi connectivity index (χ0v) is 7.95. The quantitative estimate of drug-likeness (QED) is 0.594. The summed E-state index contributed by atoms with van der Waals surface area (Å²) in [5.41, 5.74) is 5.16. The van der Waals surface area contributed by atoms with Crippen LogP contribution < -0.4 is 5.73 Å². The van der Waals surface area contributed by atoms with Crippen molar-refractivity contribution in [3.8, 4) is 0 Å². The number of aliphatic hydroxyl groups is 1. The monoisotopic (exact) mass is 174 g/mol. The van der Waals surface area contributed by atoms with Crippen molar-refractivity contribution < 1.29 is 9.90 Å². The van der Waals surface area contributed by atoms with Crippen LogP contribution in [0.3, 0.4) is 0 Å². The molecule has 72 valence electrons. The molecule has 0 heterocycles. The topological polar surface area (TPSA) is 66.6 Å². The standard InChI is InChI=1S/C8H18N2O2/c1-4-7(8(9)12)10(3)5-6(2)11/h6-7,11H,4-5H2,1-3H3,(H2,9,12). The molecule has 2 atom stereocenters. The van der Waals surface area contributed by atoms with Crippen molar-refractivity contribution in [2.45, 2.75) is 32.4 Å². The maximum atomic E-state index is 10.9. The van der Waals surface area contributed by atoms with E-state index >= 15 is 0 Å². The Morgan fingerprint density at radius 1 is 1.67 bits per heavy atom. The minimum Gasteiger partial charge on any atom is -0.392 e. The molecule has 0 aliphatic carbocycles. The number of aliphatic hydroxyl groups excluding tert-OH is 1. The Hall–Kier alpha value is -0.610. The molecule has 0 aliphatic heterocycles. The molecule has 12 heavy (non-hydrogen) atoms. The third-order valence-electron chi connectivity index (χ3n) is 1.80. The van der Waals surface area contributed by atoms with Gasteiger partial charge < -0.3 is 10.8 Å². The van der Waals surface area contributed by atoms with E-state index in [1.165, 1.54) is 0 Å². The lowest BCUT2D eigenvalue weighted by Gasteiger charge is -2.25. The van der Waals surface area contributed by atoms with Crippen molar-refractivity contribution in [1.82, 2.24) is 4.90 Å². The molecular formula is C8H18N2O2. The average molecular weight is 174 g/mol. The largest absolute Gasteiger partial charge is 0.392 e. The van der Waals surface area contributed by atoms with Gasteiger partial charge in [-0.05, 0) is 20.4 Å². The molecule has 4 heteroatoms. The molecule has 4 nitrogen and oxygen atoms in total. The molecule has 0 rings (SSSR count). The summed E-state index contributed by atoms with van der Waals surface area (Å²) in [5.74, 6) is -0.333. The Balaban J connectivity index is 4.02. The van der Waals surface area contributed by atoms with Crippen molar-refractivity contribution in [3.63, 3.8) is 0 Å². The number of hydrogen-bond donors (Lipinski definition) is 2. The fourth-order valence-corrected chi connectivity index (χ4v) is 1.27. The number of rotatable bonds is 5. The van der Waals surface area contributed by atoms with E-state index in [0.29, 0.717) is 13.0 Å². The number of hydrogen-bond acceptors (Lipinski definition) is 3. The van der Waals surface area contributed by atoms with E-state index in [4.69, 9.17) is 10.8 Å². The first-order valence-corrected chi connectivity index (χ1v) is 4.16. The second-order valence-corrected chi connectivity index (χ2v) is 3.12. The highest BCUT2D eigenvalue weighted by molar-refractivity contribution is 5.79. The van der Waals surface area contributed by atoms with Crippen LogP contribution in [0.5, 0.6) is 0 Å². The van der Waals surface area contributed by atoms with Crippen LogP contribution in [0.25, 0.3) is 0 Å². The summed E-state index contributed by atoms with van der Waals surface area (Å²) in [6.45, 7) is 4.06. The zero-order valence-electron chi connectivity index (χ0n) is 7.95. The molecule has 0 aromatic rings. The van der Waals surface area contributed by atoms with Gasteiger partial charge in [0.25, 0.3) is 0 Å². The number of likely N-dealkylation sites (N-methyl/N-ethyl adjacent to an activating group) is 1. The van der Waals surface area contributed by atoms with Crippen molar-refractivity contribution in [1.29, 1.82) is 0 Å². The van der Waals surface area contributed by atoms with Gasteiger partial charge in [0.15, 0.2) is 0 Å². The normalized spacial score (nSPS) is 16.1. The summed E-state index contributed by atoms with van der Waals surface area (Å²) in [7, 11) is 1.78. The second kappa shape index (κ2) is 5.11. The van der Waals surface area contributed by atoms with Crippen LogP contribution in [-0.2, 0) is 4.79 Å². The third kappa shape index (κ3) is 3.69. The minimum atomic E-state index is -0.427. The molecule has 0 aromatic heterocycles. The van der Waals surface area contributed by atoms with Gasteiger partial charge in [0.05, 0.1) is 12.1 Å². The van der Waals surface area contributed by atoms with Crippen LogP contribution in [0, 0.1) is 0 Å². The lowest BCUT2D eigenvalue weighted by Crippen LogP contribution is -2.44. The van der Waals surface area contributed by atoms with E-state index in [-0.39, 0.29) is 11.9 Å². The highest BCUT2D eigenvalue weighted by Crippen LogP contribution is 2.01. The molecule has 0 saturated carbocycles. The second-order valence-electron chi connectivity index (χ2n) is 3.12. The number of primary amides is 1. The van der Waals surface area contributed by atoms with Crippen LogP contribution in [-0.4, -0.2) is 41.7 Å². The number of nitrogens with zero attached hydrogens (tertiary/aromatic N) is 1. The van der Waals surface area contributed by atoms with Gasteiger partial charge in [0.2, 0.25) is 5.91 Å². The summed E-state index contributed by atoms with van der Waals surface area (Å²) >= 11 is 0. The predicted octanol–water partition coefficient (Wildman–Crippen LogP) is -0.437. The van der Waals surface area contributed by atoms with Gasteiger partial charge >= 0.3 is 0 Å². The van der Waals surface area contributed by atoms with E-state index in [0.717, 1.165) is 0 Å². The lowest BCUT2D eigenvalue weighted by atomic mass is 10.2. The van der Waals surface area contributed by atoms with Crippen molar-refractivity contribution in [2.75, 3.05) is 13.6 Å². The molecule has 1 amide bonds. The van der Waals surface area contributed by atoms with Crippen molar-refractivity contribution >= 4 is 5.91 Å². The van der Waals surface area contributed by atoms with Crippen LogP contribution in [0.15, 0.2) is 0 Å². The maximum absolute atomic E-state index is 10.9. The maximum Gasteiger partial charge on any atom is 0.234 e. The van der Waals surface area contributed by atoms with Gasteiger partial charge in [-0.1, -0.05) is 6.92 Å². The SMILES string of the molecule is CCC(C(N)=O)N(C)CC(C)O. The first-order chi connectivity index (χ1) is 5.49. The zero-order chi connectivity index (χ0) is 9.72. The highest BCUT2D eigenvalue weighted by Gasteiger charge is 2.18. The number of nitrogens with two attached hydrogens (primary N) is 1.